The van der Waals surface area contributed by atoms with Crippen molar-refractivity contribution < 1.29 is 4.74 Å². The van der Waals surface area contributed by atoms with Gasteiger partial charge >= 0.3 is 0 Å². The minimum atomic E-state index is 0.504. The van der Waals surface area contributed by atoms with Gasteiger partial charge in [-0.15, -0.1) is 0 Å². The molecule has 1 aromatic rings. The monoisotopic (exact) mass is 300 g/mol. The van der Waals surface area contributed by atoms with Crippen molar-refractivity contribution in [2.24, 2.45) is 5.73 Å². The first-order chi connectivity index (χ1) is 8.13. The molecule has 0 saturated heterocycles. The fourth-order valence-corrected chi connectivity index (χ4v) is 2.01. The second-order valence-electron chi connectivity index (χ2n) is 4.22. The Kier molecular flexibility index (Phi) is 6.55. The molecule has 3 nitrogen and oxygen atoms in total. The number of ether oxygens (including phenoxy) is 1. The third-order valence-electron chi connectivity index (χ3n) is 2.59. The number of halogens is 1. The first-order valence-electron chi connectivity index (χ1n) is 5.96. The summed E-state index contributed by atoms with van der Waals surface area (Å²) in [5, 5.41) is 0. The molecule has 17 heavy (non-hydrogen) atoms. The summed E-state index contributed by atoms with van der Waals surface area (Å²) in [6.45, 7) is 7.55. The van der Waals surface area contributed by atoms with Gasteiger partial charge < -0.3 is 10.5 Å². The van der Waals surface area contributed by atoms with E-state index in [1.165, 1.54) is 0 Å². The zero-order valence-electron chi connectivity index (χ0n) is 10.5. The first kappa shape index (κ1) is 14.5. The minimum absolute atomic E-state index is 0.504. The maximum absolute atomic E-state index is 5.70. The summed E-state index contributed by atoms with van der Waals surface area (Å²) in [5.41, 5.74) is 5.58. The van der Waals surface area contributed by atoms with Crippen LogP contribution >= 0.6 is 15.9 Å². The van der Waals surface area contributed by atoms with Crippen LogP contribution in [0.4, 0.5) is 0 Å². The molecule has 96 valence electrons. The van der Waals surface area contributed by atoms with Crippen LogP contribution in [-0.2, 0) is 0 Å². The number of hydrogen-bond acceptors (Lipinski definition) is 3. The van der Waals surface area contributed by atoms with Gasteiger partial charge in [0, 0.05) is 30.1 Å². The number of rotatable bonds is 7. The predicted molar refractivity (Wildman–Crippen MR) is 75.4 cm³/mol. The third-order valence-corrected chi connectivity index (χ3v) is 3.08. The number of hydrogen-bond donors (Lipinski definition) is 1. The fourth-order valence-electron chi connectivity index (χ4n) is 1.63. The van der Waals surface area contributed by atoms with Crippen molar-refractivity contribution in [1.82, 2.24) is 4.90 Å². The molecule has 0 aliphatic rings. The lowest BCUT2D eigenvalue weighted by Gasteiger charge is -2.25. The highest BCUT2D eigenvalue weighted by atomic mass is 79.9. The van der Waals surface area contributed by atoms with Crippen molar-refractivity contribution >= 4 is 15.9 Å². The number of nitrogens with two attached hydrogens (primary N) is 1. The Bertz CT molecular complexity index is 331. The summed E-state index contributed by atoms with van der Waals surface area (Å²) in [6.07, 6.45) is 0. The highest BCUT2D eigenvalue weighted by Crippen LogP contribution is 2.17. The molecule has 4 heteroatoms. The molecule has 0 fully saturated rings. The van der Waals surface area contributed by atoms with Crippen LogP contribution < -0.4 is 10.5 Å². The fraction of sp³-hybridized carbons (Fsp3) is 0.538. The highest BCUT2D eigenvalue weighted by Gasteiger charge is 2.07. The van der Waals surface area contributed by atoms with E-state index in [0.29, 0.717) is 19.2 Å². The summed E-state index contributed by atoms with van der Waals surface area (Å²) >= 11 is 3.42. The molecule has 0 radical (unpaired) electrons. The van der Waals surface area contributed by atoms with Crippen LogP contribution in [-0.4, -0.2) is 37.2 Å². The van der Waals surface area contributed by atoms with Gasteiger partial charge in [-0.2, -0.15) is 0 Å². The highest BCUT2D eigenvalue weighted by molar-refractivity contribution is 9.10. The molecule has 0 saturated carbocycles. The van der Waals surface area contributed by atoms with E-state index in [-0.39, 0.29) is 0 Å². The van der Waals surface area contributed by atoms with Crippen molar-refractivity contribution in [3.63, 3.8) is 0 Å². The molecule has 0 aliphatic heterocycles. The molecule has 0 spiro atoms. The van der Waals surface area contributed by atoms with Crippen LogP contribution in [0, 0.1) is 0 Å². The minimum Gasteiger partial charge on any atom is -0.492 e. The molecule has 0 bridgehead atoms. The Morgan fingerprint density at radius 1 is 1.35 bits per heavy atom. The first-order valence-corrected chi connectivity index (χ1v) is 6.75. The number of benzene rings is 1. The SMILES string of the molecule is CC(C)N(CCN)CCOc1cccc(Br)c1. The van der Waals surface area contributed by atoms with Crippen LogP contribution in [0.25, 0.3) is 0 Å². The van der Waals surface area contributed by atoms with Crippen molar-refractivity contribution in [2.45, 2.75) is 19.9 Å². The summed E-state index contributed by atoms with van der Waals surface area (Å²) < 4.78 is 6.74. The lowest BCUT2D eigenvalue weighted by molar-refractivity contribution is 0.180. The van der Waals surface area contributed by atoms with Crippen LogP contribution in [0.5, 0.6) is 5.75 Å². The van der Waals surface area contributed by atoms with Gasteiger partial charge in [-0.3, -0.25) is 4.90 Å². The topological polar surface area (TPSA) is 38.5 Å². The van der Waals surface area contributed by atoms with Crippen LogP contribution in [0.1, 0.15) is 13.8 Å². The van der Waals surface area contributed by atoms with Gasteiger partial charge in [0.1, 0.15) is 12.4 Å². The second kappa shape index (κ2) is 7.69. The maximum atomic E-state index is 5.70. The Labute approximate surface area is 112 Å². The zero-order chi connectivity index (χ0) is 12.7. The Morgan fingerprint density at radius 2 is 2.12 bits per heavy atom. The lowest BCUT2D eigenvalue weighted by Crippen LogP contribution is -2.38. The molecule has 0 heterocycles. The van der Waals surface area contributed by atoms with Crippen LogP contribution in [0.2, 0.25) is 0 Å². The normalized spacial score (nSPS) is 11.2. The van der Waals surface area contributed by atoms with E-state index < -0.39 is 0 Å². The molecular weight excluding hydrogens is 280 g/mol. The molecule has 0 aromatic heterocycles. The molecule has 1 rings (SSSR count). The quantitative estimate of drug-likeness (QED) is 0.841. The predicted octanol–water partition coefficient (Wildman–Crippen LogP) is 2.50. The van der Waals surface area contributed by atoms with Gasteiger partial charge in [0.05, 0.1) is 0 Å². The smallest absolute Gasteiger partial charge is 0.120 e. The molecule has 2 N–H and O–H groups in total. The van der Waals surface area contributed by atoms with Gasteiger partial charge in [-0.1, -0.05) is 22.0 Å². The van der Waals surface area contributed by atoms with Gasteiger partial charge in [-0.25, -0.2) is 0 Å². The summed E-state index contributed by atoms with van der Waals surface area (Å²) in [4.78, 5) is 2.32. The van der Waals surface area contributed by atoms with Gasteiger partial charge in [0.25, 0.3) is 0 Å². The van der Waals surface area contributed by atoms with Crippen molar-refractivity contribution in [3.05, 3.63) is 28.7 Å². The van der Waals surface area contributed by atoms with E-state index >= 15 is 0 Å². The second-order valence-corrected chi connectivity index (χ2v) is 5.14. The van der Waals surface area contributed by atoms with Crippen molar-refractivity contribution in [1.29, 1.82) is 0 Å². The molecular formula is C13H21BrN2O. The van der Waals surface area contributed by atoms with E-state index in [0.717, 1.165) is 23.3 Å². The molecule has 0 amide bonds. The van der Waals surface area contributed by atoms with Gasteiger partial charge in [-0.05, 0) is 32.0 Å². The standard InChI is InChI=1S/C13H21BrN2O/c1-11(2)16(7-6-15)8-9-17-13-5-3-4-12(14)10-13/h3-5,10-11H,6-9,15H2,1-2H3. The summed E-state index contributed by atoms with van der Waals surface area (Å²) in [7, 11) is 0. The molecule has 0 atom stereocenters. The van der Waals surface area contributed by atoms with E-state index in [2.05, 4.69) is 34.7 Å². The average Bonchev–Trinajstić information content (AvgIpc) is 2.28. The Balaban J connectivity index is 2.35. The van der Waals surface area contributed by atoms with E-state index in [1.54, 1.807) is 0 Å². The largest absolute Gasteiger partial charge is 0.492 e. The lowest BCUT2D eigenvalue weighted by atomic mass is 10.3. The van der Waals surface area contributed by atoms with Gasteiger partial charge in [0.2, 0.25) is 0 Å². The van der Waals surface area contributed by atoms with Crippen LogP contribution in [0.3, 0.4) is 0 Å². The summed E-state index contributed by atoms with van der Waals surface area (Å²) in [5.74, 6) is 0.899. The van der Waals surface area contributed by atoms with E-state index in [9.17, 15) is 0 Å². The Morgan fingerprint density at radius 3 is 2.71 bits per heavy atom. The van der Waals surface area contributed by atoms with Gasteiger partial charge in [0.15, 0.2) is 0 Å². The van der Waals surface area contributed by atoms with Crippen molar-refractivity contribution in [2.75, 3.05) is 26.2 Å². The van der Waals surface area contributed by atoms with Crippen molar-refractivity contribution in [3.8, 4) is 5.75 Å². The maximum Gasteiger partial charge on any atom is 0.120 e. The Hall–Kier alpha value is -0.580. The van der Waals surface area contributed by atoms with E-state index in [4.69, 9.17) is 10.5 Å². The molecule has 1 aromatic carbocycles. The summed E-state index contributed by atoms with van der Waals surface area (Å²) in [6, 6.07) is 8.40. The van der Waals surface area contributed by atoms with E-state index in [1.807, 2.05) is 24.3 Å². The third kappa shape index (κ3) is 5.52. The molecule has 0 unspecified atom stereocenters. The van der Waals surface area contributed by atoms with Crippen LogP contribution in [0.15, 0.2) is 28.7 Å². The zero-order valence-corrected chi connectivity index (χ0v) is 12.1. The molecule has 0 aliphatic carbocycles. The average molecular weight is 301 g/mol. The number of nitrogens with zero attached hydrogens (tertiary/aromatic N) is 1.